The average molecular weight is 278 g/mol. The van der Waals surface area contributed by atoms with E-state index in [0.29, 0.717) is 5.92 Å². The predicted molar refractivity (Wildman–Crippen MR) is 89.6 cm³/mol. The van der Waals surface area contributed by atoms with Gasteiger partial charge in [-0.3, -0.25) is 4.98 Å². The molecular formula is C19H22N2. The monoisotopic (exact) mass is 278 g/mol. The Labute approximate surface area is 127 Å². The number of pyridine rings is 1. The van der Waals surface area contributed by atoms with Gasteiger partial charge in [0.1, 0.15) is 0 Å². The first-order valence-corrected chi connectivity index (χ1v) is 7.77. The van der Waals surface area contributed by atoms with Gasteiger partial charge in [0, 0.05) is 36.6 Å². The van der Waals surface area contributed by atoms with E-state index in [1.165, 1.54) is 37.2 Å². The fraction of sp³-hybridized carbons (Fsp3) is 0.316. The zero-order valence-electron chi connectivity index (χ0n) is 12.6. The van der Waals surface area contributed by atoms with Crippen LogP contribution in [0.15, 0.2) is 54.7 Å². The number of benzene rings is 1. The van der Waals surface area contributed by atoms with Gasteiger partial charge in [-0.1, -0.05) is 49.4 Å². The molecule has 0 radical (unpaired) electrons. The van der Waals surface area contributed by atoms with Gasteiger partial charge >= 0.3 is 0 Å². The van der Waals surface area contributed by atoms with Crippen molar-refractivity contribution in [1.29, 1.82) is 0 Å². The van der Waals surface area contributed by atoms with E-state index in [2.05, 4.69) is 65.4 Å². The van der Waals surface area contributed by atoms with Gasteiger partial charge in [0.15, 0.2) is 0 Å². The van der Waals surface area contributed by atoms with Gasteiger partial charge in [0.25, 0.3) is 0 Å². The van der Waals surface area contributed by atoms with Crippen molar-refractivity contribution in [3.05, 3.63) is 66.0 Å². The van der Waals surface area contributed by atoms with Gasteiger partial charge < -0.3 is 4.90 Å². The first-order chi connectivity index (χ1) is 10.3. The van der Waals surface area contributed by atoms with Crippen LogP contribution in [0.4, 0.5) is 5.69 Å². The van der Waals surface area contributed by atoms with E-state index in [1.54, 1.807) is 0 Å². The van der Waals surface area contributed by atoms with Crippen LogP contribution in [-0.2, 0) is 0 Å². The van der Waals surface area contributed by atoms with Crippen LogP contribution in [0.25, 0.3) is 6.08 Å². The van der Waals surface area contributed by atoms with Crippen LogP contribution in [0.1, 0.15) is 36.9 Å². The lowest BCUT2D eigenvalue weighted by Gasteiger charge is -2.18. The number of hydrogen-bond donors (Lipinski definition) is 0. The maximum atomic E-state index is 4.55. The molecule has 2 aromatic rings. The Morgan fingerprint density at radius 1 is 1.10 bits per heavy atom. The van der Waals surface area contributed by atoms with Crippen LogP contribution in [0.2, 0.25) is 0 Å². The summed E-state index contributed by atoms with van der Waals surface area (Å²) >= 11 is 0. The molecule has 1 aliphatic heterocycles. The lowest BCUT2D eigenvalue weighted by atomic mass is 10.0. The smallest absolute Gasteiger partial charge is 0.0490 e. The minimum Gasteiger partial charge on any atom is -0.371 e. The minimum absolute atomic E-state index is 0.327. The summed E-state index contributed by atoms with van der Waals surface area (Å²) < 4.78 is 0. The molecule has 0 spiro atoms. The van der Waals surface area contributed by atoms with Crippen molar-refractivity contribution in [3.8, 4) is 0 Å². The summed E-state index contributed by atoms with van der Waals surface area (Å²) in [4.78, 5) is 7.00. The van der Waals surface area contributed by atoms with Crippen LogP contribution in [0.5, 0.6) is 0 Å². The van der Waals surface area contributed by atoms with Crippen LogP contribution < -0.4 is 4.90 Å². The maximum absolute atomic E-state index is 4.55. The molecule has 1 aromatic heterocycles. The SMILES string of the molecule is CC(C=Cc1ccccc1)c1cc(N2CCCC2)ccn1. The lowest BCUT2D eigenvalue weighted by Crippen LogP contribution is -2.17. The third-order valence-electron chi connectivity index (χ3n) is 4.08. The number of anilines is 1. The highest BCUT2D eigenvalue weighted by Gasteiger charge is 2.13. The van der Waals surface area contributed by atoms with Gasteiger partial charge in [-0.2, -0.15) is 0 Å². The van der Waals surface area contributed by atoms with Crippen molar-refractivity contribution >= 4 is 11.8 Å². The highest BCUT2D eigenvalue weighted by atomic mass is 15.1. The van der Waals surface area contributed by atoms with Crippen molar-refractivity contribution < 1.29 is 0 Å². The molecule has 2 heterocycles. The van der Waals surface area contributed by atoms with Crippen molar-refractivity contribution in [3.63, 3.8) is 0 Å². The zero-order chi connectivity index (χ0) is 14.5. The Bertz CT molecular complexity index is 598. The summed E-state index contributed by atoms with van der Waals surface area (Å²) in [5, 5.41) is 0. The van der Waals surface area contributed by atoms with Crippen LogP contribution in [0.3, 0.4) is 0 Å². The molecule has 0 bridgehead atoms. The molecule has 21 heavy (non-hydrogen) atoms. The number of nitrogens with zero attached hydrogens (tertiary/aromatic N) is 2. The molecule has 0 saturated carbocycles. The number of allylic oxidation sites excluding steroid dienone is 1. The van der Waals surface area contributed by atoms with Gasteiger partial charge in [-0.15, -0.1) is 0 Å². The summed E-state index contributed by atoms with van der Waals surface area (Å²) in [5.41, 5.74) is 3.70. The Balaban J connectivity index is 1.73. The molecule has 1 saturated heterocycles. The van der Waals surface area contributed by atoms with Gasteiger partial charge in [0.2, 0.25) is 0 Å². The molecular weight excluding hydrogens is 256 g/mol. The second kappa shape index (κ2) is 6.57. The van der Waals surface area contributed by atoms with E-state index >= 15 is 0 Å². The van der Waals surface area contributed by atoms with E-state index in [1.807, 2.05) is 12.3 Å². The average Bonchev–Trinajstić information content (AvgIpc) is 3.08. The van der Waals surface area contributed by atoms with Crippen molar-refractivity contribution in [2.24, 2.45) is 0 Å². The highest BCUT2D eigenvalue weighted by Crippen LogP contribution is 2.24. The molecule has 1 fully saturated rings. The van der Waals surface area contributed by atoms with Crippen molar-refractivity contribution in [1.82, 2.24) is 4.98 Å². The standard InChI is InChI=1S/C19H22N2/c1-16(9-10-17-7-3-2-4-8-17)19-15-18(11-12-20-19)21-13-5-6-14-21/h2-4,7-12,15-16H,5-6,13-14H2,1H3. The molecule has 0 N–H and O–H groups in total. The molecule has 3 rings (SSSR count). The summed E-state index contributed by atoms with van der Waals surface area (Å²) in [6.07, 6.45) is 8.96. The quantitative estimate of drug-likeness (QED) is 0.818. The maximum Gasteiger partial charge on any atom is 0.0490 e. The van der Waals surface area contributed by atoms with E-state index in [-0.39, 0.29) is 0 Å². The Morgan fingerprint density at radius 3 is 2.62 bits per heavy atom. The number of aromatic nitrogens is 1. The van der Waals surface area contributed by atoms with E-state index in [9.17, 15) is 0 Å². The van der Waals surface area contributed by atoms with Crippen molar-refractivity contribution in [2.45, 2.75) is 25.7 Å². The first-order valence-electron chi connectivity index (χ1n) is 7.77. The molecule has 1 aliphatic rings. The summed E-state index contributed by atoms with van der Waals surface area (Å²) in [6, 6.07) is 14.8. The fourth-order valence-electron chi connectivity index (χ4n) is 2.78. The Hall–Kier alpha value is -2.09. The second-order valence-electron chi connectivity index (χ2n) is 5.69. The lowest BCUT2D eigenvalue weighted by molar-refractivity contribution is 0.896. The van der Waals surface area contributed by atoms with Crippen LogP contribution in [-0.4, -0.2) is 18.1 Å². The molecule has 2 nitrogen and oxygen atoms in total. The Kier molecular flexibility index (Phi) is 4.34. The minimum atomic E-state index is 0.327. The molecule has 1 unspecified atom stereocenters. The van der Waals surface area contributed by atoms with Crippen LogP contribution in [0, 0.1) is 0 Å². The van der Waals surface area contributed by atoms with E-state index < -0.39 is 0 Å². The summed E-state index contributed by atoms with van der Waals surface area (Å²) in [5.74, 6) is 0.327. The number of hydrogen-bond acceptors (Lipinski definition) is 2. The second-order valence-corrected chi connectivity index (χ2v) is 5.69. The zero-order valence-corrected chi connectivity index (χ0v) is 12.6. The molecule has 2 heteroatoms. The Morgan fingerprint density at radius 2 is 1.86 bits per heavy atom. The normalized spacial score (nSPS) is 16.5. The molecule has 108 valence electrons. The van der Waals surface area contributed by atoms with Gasteiger partial charge in [-0.25, -0.2) is 0 Å². The highest BCUT2D eigenvalue weighted by molar-refractivity contribution is 5.52. The van der Waals surface area contributed by atoms with Crippen molar-refractivity contribution in [2.75, 3.05) is 18.0 Å². The topological polar surface area (TPSA) is 16.1 Å². The van der Waals surface area contributed by atoms with E-state index in [0.717, 1.165) is 5.69 Å². The largest absolute Gasteiger partial charge is 0.371 e. The predicted octanol–water partition coefficient (Wildman–Crippen LogP) is 4.50. The van der Waals surface area contributed by atoms with E-state index in [4.69, 9.17) is 0 Å². The fourth-order valence-corrected chi connectivity index (χ4v) is 2.78. The third-order valence-corrected chi connectivity index (χ3v) is 4.08. The molecule has 1 atom stereocenters. The molecule has 1 aromatic carbocycles. The van der Waals surface area contributed by atoms with Gasteiger partial charge in [0.05, 0.1) is 0 Å². The van der Waals surface area contributed by atoms with Gasteiger partial charge in [-0.05, 0) is 30.5 Å². The summed E-state index contributed by atoms with van der Waals surface area (Å²) in [6.45, 7) is 4.56. The first kappa shape index (κ1) is 13.9. The third kappa shape index (κ3) is 3.52. The van der Waals surface area contributed by atoms with Crippen LogP contribution >= 0.6 is 0 Å². The number of rotatable bonds is 4. The molecule has 0 aliphatic carbocycles. The summed E-state index contributed by atoms with van der Waals surface area (Å²) in [7, 11) is 0. The molecule has 0 amide bonds.